The number of halogens is 1. The minimum atomic E-state index is -0.561. The van der Waals surface area contributed by atoms with Gasteiger partial charge in [-0.25, -0.2) is 0 Å². The maximum Gasteiger partial charge on any atom is 0.326 e. The maximum absolute atomic E-state index is 12.4. The minimum absolute atomic E-state index is 0.0220. The second kappa shape index (κ2) is 7.72. The van der Waals surface area contributed by atoms with E-state index in [4.69, 9.17) is 37.7 Å². The Labute approximate surface area is 159 Å². The number of hydrogen-bond donors (Lipinski definition) is 0. The molecule has 0 unspecified atom stereocenters. The lowest BCUT2D eigenvalue weighted by atomic mass is 10.2. The number of amides is 1. The predicted octanol–water partition coefficient (Wildman–Crippen LogP) is 3.65. The standard InChI is InChI=1S/C18H14ClNO5S/c1-2-23-16(21)10-20-17(22)15(25-18(20)26)9-13-6-7-14(24-13)11-4-3-5-12(19)8-11/h3-9H,2,10H2,1H3/b15-9-. The van der Waals surface area contributed by atoms with Gasteiger partial charge in [0.15, 0.2) is 5.76 Å². The summed E-state index contributed by atoms with van der Waals surface area (Å²) >= 11 is 11.0. The third kappa shape index (κ3) is 3.95. The molecule has 1 amide bonds. The van der Waals surface area contributed by atoms with Gasteiger partial charge in [-0.05, 0) is 43.4 Å². The second-order valence-electron chi connectivity index (χ2n) is 5.29. The average Bonchev–Trinajstić information content (AvgIpc) is 3.16. The zero-order valence-corrected chi connectivity index (χ0v) is 15.3. The summed E-state index contributed by atoms with van der Waals surface area (Å²) in [6, 6.07) is 10.7. The molecule has 1 fully saturated rings. The van der Waals surface area contributed by atoms with E-state index in [0.29, 0.717) is 16.5 Å². The van der Waals surface area contributed by atoms with Crippen LogP contribution in [0, 0.1) is 0 Å². The van der Waals surface area contributed by atoms with E-state index in [1.807, 2.05) is 12.1 Å². The van der Waals surface area contributed by atoms with Gasteiger partial charge in [0.25, 0.3) is 11.1 Å². The number of benzene rings is 1. The van der Waals surface area contributed by atoms with Crippen LogP contribution in [-0.2, 0) is 19.1 Å². The number of thiocarbonyl (C=S) groups is 1. The van der Waals surface area contributed by atoms with E-state index in [1.165, 1.54) is 6.08 Å². The van der Waals surface area contributed by atoms with Crippen LogP contribution in [0.15, 0.2) is 46.6 Å². The molecule has 0 aliphatic carbocycles. The van der Waals surface area contributed by atoms with Gasteiger partial charge >= 0.3 is 5.97 Å². The van der Waals surface area contributed by atoms with Crippen molar-refractivity contribution in [2.24, 2.45) is 0 Å². The first-order valence-electron chi connectivity index (χ1n) is 7.74. The van der Waals surface area contributed by atoms with Gasteiger partial charge in [0.2, 0.25) is 0 Å². The van der Waals surface area contributed by atoms with E-state index in [9.17, 15) is 9.59 Å². The van der Waals surface area contributed by atoms with Crippen molar-refractivity contribution in [2.75, 3.05) is 13.2 Å². The summed E-state index contributed by atoms with van der Waals surface area (Å²) in [5, 5.41) is 0.490. The van der Waals surface area contributed by atoms with Crippen LogP contribution in [0.2, 0.25) is 5.02 Å². The molecule has 1 aromatic carbocycles. The molecule has 1 aromatic heterocycles. The van der Waals surface area contributed by atoms with E-state index in [1.54, 1.807) is 31.2 Å². The zero-order chi connectivity index (χ0) is 18.7. The molecule has 134 valence electrons. The highest BCUT2D eigenvalue weighted by molar-refractivity contribution is 7.80. The Bertz CT molecular complexity index is 904. The van der Waals surface area contributed by atoms with Crippen LogP contribution in [0.1, 0.15) is 12.7 Å². The van der Waals surface area contributed by atoms with Gasteiger partial charge in [-0.3, -0.25) is 14.5 Å². The molecule has 1 aliphatic heterocycles. The van der Waals surface area contributed by atoms with Crippen molar-refractivity contribution in [3.63, 3.8) is 0 Å². The first kappa shape index (κ1) is 18.2. The monoisotopic (exact) mass is 391 g/mol. The van der Waals surface area contributed by atoms with Gasteiger partial charge in [-0.15, -0.1) is 0 Å². The number of carbonyl (C=O) groups excluding carboxylic acids is 2. The fourth-order valence-electron chi connectivity index (χ4n) is 2.33. The van der Waals surface area contributed by atoms with Gasteiger partial charge in [-0.1, -0.05) is 23.7 Å². The highest BCUT2D eigenvalue weighted by atomic mass is 35.5. The summed E-state index contributed by atoms with van der Waals surface area (Å²) in [6.07, 6.45) is 1.42. The van der Waals surface area contributed by atoms with E-state index < -0.39 is 11.9 Å². The molecule has 1 saturated heterocycles. The third-order valence-corrected chi connectivity index (χ3v) is 4.01. The zero-order valence-electron chi connectivity index (χ0n) is 13.7. The Balaban J connectivity index is 1.77. The summed E-state index contributed by atoms with van der Waals surface area (Å²) < 4.78 is 15.8. The fraction of sp³-hybridized carbons (Fsp3) is 0.167. The number of ether oxygens (including phenoxy) is 2. The average molecular weight is 392 g/mol. The highest BCUT2D eigenvalue weighted by Crippen LogP contribution is 2.27. The summed E-state index contributed by atoms with van der Waals surface area (Å²) in [5.41, 5.74) is 0.806. The van der Waals surface area contributed by atoms with Crippen molar-refractivity contribution in [3.8, 4) is 11.3 Å². The molecule has 0 spiro atoms. The van der Waals surface area contributed by atoms with Crippen LogP contribution >= 0.6 is 23.8 Å². The molecule has 1 aliphatic rings. The summed E-state index contributed by atoms with van der Waals surface area (Å²) in [5.74, 6) is -0.107. The molecule has 0 radical (unpaired) electrons. The lowest BCUT2D eigenvalue weighted by Gasteiger charge is -2.10. The lowest BCUT2D eigenvalue weighted by molar-refractivity contribution is -0.145. The van der Waals surface area contributed by atoms with Crippen LogP contribution in [-0.4, -0.2) is 35.1 Å². The van der Waals surface area contributed by atoms with Crippen LogP contribution in [0.25, 0.3) is 17.4 Å². The summed E-state index contributed by atoms with van der Waals surface area (Å²) in [6.45, 7) is 1.60. The van der Waals surface area contributed by atoms with Crippen molar-refractivity contribution >= 4 is 46.9 Å². The number of rotatable bonds is 5. The first-order valence-corrected chi connectivity index (χ1v) is 8.53. The maximum atomic E-state index is 12.4. The Hall–Kier alpha value is -2.64. The van der Waals surface area contributed by atoms with E-state index in [0.717, 1.165) is 10.5 Å². The Kier molecular flexibility index (Phi) is 5.39. The number of furan rings is 1. The Morgan fingerprint density at radius 3 is 2.88 bits per heavy atom. The SMILES string of the molecule is CCOC(=O)CN1C(=O)/C(=C/c2ccc(-c3cccc(Cl)c3)o2)OC1=S. The third-order valence-electron chi connectivity index (χ3n) is 3.48. The number of hydrogen-bond acceptors (Lipinski definition) is 6. The molecule has 2 aromatic rings. The topological polar surface area (TPSA) is 69.0 Å². The van der Waals surface area contributed by atoms with Crippen molar-refractivity contribution in [1.82, 2.24) is 4.90 Å². The molecule has 26 heavy (non-hydrogen) atoms. The molecular formula is C18H14ClNO5S. The molecule has 0 saturated carbocycles. The predicted molar refractivity (Wildman–Crippen MR) is 99.2 cm³/mol. The number of carbonyl (C=O) groups is 2. The highest BCUT2D eigenvalue weighted by Gasteiger charge is 2.35. The lowest BCUT2D eigenvalue weighted by Crippen LogP contribution is -2.34. The van der Waals surface area contributed by atoms with Crippen molar-refractivity contribution in [2.45, 2.75) is 6.92 Å². The molecule has 3 rings (SSSR count). The molecule has 0 bridgehead atoms. The van der Waals surface area contributed by atoms with Gasteiger partial charge in [-0.2, -0.15) is 0 Å². The smallest absolute Gasteiger partial charge is 0.326 e. The summed E-state index contributed by atoms with van der Waals surface area (Å²) in [4.78, 5) is 25.0. The molecular weight excluding hydrogens is 378 g/mol. The summed E-state index contributed by atoms with van der Waals surface area (Å²) in [7, 11) is 0. The molecule has 2 heterocycles. The number of nitrogens with zero attached hydrogens (tertiary/aromatic N) is 1. The first-order chi connectivity index (χ1) is 12.5. The van der Waals surface area contributed by atoms with Crippen molar-refractivity contribution in [3.05, 3.63) is 52.9 Å². The molecule has 6 nitrogen and oxygen atoms in total. The van der Waals surface area contributed by atoms with Crippen molar-refractivity contribution in [1.29, 1.82) is 0 Å². The van der Waals surface area contributed by atoms with Gasteiger partial charge in [0.1, 0.15) is 18.1 Å². The Morgan fingerprint density at radius 2 is 2.15 bits per heavy atom. The second-order valence-corrected chi connectivity index (χ2v) is 6.07. The minimum Gasteiger partial charge on any atom is -0.465 e. The fourth-order valence-corrected chi connectivity index (χ4v) is 2.76. The van der Waals surface area contributed by atoms with E-state index in [-0.39, 0.29) is 24.1 Å². The molecule has 0 N–H and O–H groups in total. The van der Waals surface area contributed by atoms with Crippen LogP contribution in [0.5, 0.6) is 0 Å². The molecule has 0 atom stereocenters. The number of esters is 1. The quantitative estimate of drug-likeness (QED) is 0.440. The van der Waals surface area contributed by atoms with Crippen LogP contribution < -0.4 is 0 Å². The normalized spacial score (nSPS) is 15.5. The van der Waals surface area contributed by atoms with Crippen molar-refractivity contribution < 1.29 is 23.5 Å². The van der Waals surface area contributed by atoms with Gasteiger partial charge < -0.3 is 13.9 Å². The van der Waals surface area contributed by atoms with Crippen LogP contribution in [0.4, 0.5) is 0 Å². The van der Waals surface area contributed by atoms with Gasteiger partial charge in [0.05, 0.1) is 6.61 Å². The molecule has 8 heteroatoms. The van der Waals surface area contributed by atoms with Gasteiger partial charge in [0, 0.05) is 16.7 Å². The Morgan fingerprint density at radius 1 is 1.35 bits per heavy atom. The van der Waals surface area contributed by atoms with E-state index in [2.05, 4.69) is 0 Å². The van der Waals surface area contributed by atoms with E-state index >= 15 is 0 Å². The largest absolute Gasteiger partial charge is 0.465 e. The van der Waals surface area contributed by atoms with Crippen LogP contribution in [0.3, 0.4) is 0 Å².